The van der Waals surface area contributed by atoms with Gasteiger partial charge in [0.15, 0.2) is 0 Å². The molecular formula is C16H24ClN. The zero-order valence-electron chi connectivity index (χ0n) is 11.2. The fraction of sp³-hybridized carbons (Fsp3) is 0.500. The molecule has 0 radical (unpaired) electrons. The first-order chi connectivity index (χ1) is 8.36. The predicted molar refractivity (Wildman–Crippen MR) is 81.6 cm³/mol. The van der Waals surface area contributed by atoms with Crippen molar-refractivity contribution in [2.24, 2.45) is 0 Å². The molecule has 0 unspecified atom stereocenters. The van der Waals surface area contributed by atoms with Crippen molar-refractivity contribution in [2.75, 3.05) is 6.54 Å². The molecule has 0 aromatic heterocycles. The van der Waals surface area contributed by atoms with Gasteiger partial charge >= 0.3 is 0 Å². The SMILES string of the molecule is C=CC[C@@H]1c2ccccc2CC[C@@H]1NCCC.Cl. The highest BCUT2D eigenvalue weighted by atomic mass is 35.5. The van der Waals surface area contributed by atoms with Crippen molar-refractivity contribution in [1.29, 1.82) is 0 Å². The average molecular weight is 266 g/mol. The van der Waals surface area contributed by atoms with Gasteiger partial charge in [0.25, 0.3) is 0 Å². The van der Waals surface area contributed by atoms with E-state index in [4.69, 9.17) is 0 Å². The lowest BCUT2D eigenvalue weighted by molar-refractivity contribution is 0.388. The molecule has 1 aromatic carbocycles. The van der Waals surface area contributed by atoms with Gasteiger partial charge in [0.05, 0.1) is 0 Å². The fourth-order valence-corrected chi connectivity index (χ4v) is 2.90. The van der Waals surface area contributed by atoms with Crippen molar-refractivity contribution in [2.45, 2.75) is 44.6 Å². The van der Waals surface area contributed by atoms with E-state index in [9.17, 15) is 0 Å². The molecular weight excluding hydrogens is 242 g/mol. The Balaban J connectivity index is 0.00000162. The molecule has 1 aliphatic carbocycles. The molecule has 0 fully saturated rings. The quantitative estimate of drug-likeness (QED) is 0.791. The first kappa shape index (κ1) is 15.3. The number of nitrogens with one attached hydrogen (secondary N) is 1. The van der Waals surface area contributed by atoms with Crippen molar-refractivity contribution in [3.05, 3.63) is 48.0 Å². The molecule has 0 saturated carbocycles. The van der Waals surface area contributed by atoms with Crippen molar-refractivity contribution in [3.8, 4) is 0 Å². The molecule has 0 saturated heterocycles. The number of hydrogen-bond donors (Lipinski definition) is 1. The van der Waals surface area contributed by atoms with E-state index in [2.05, 4.69) is 49.2 Å². The topological polar surface area (TPSA) is 12.0 Å². The van der Waals surface area contributed by atoms with Gasteiger partial charge in [-0.3, -0.25) is 0 Å². The second-order valence-corrected chi connectivity index (χ2v) is 4.93. The molecule has 1 N–H and O–H groups in total. The zero-order valence-corrected chi connectivity index (χ0v) is 12.0. The lowest BCUT2D eigenvalue weighted by atomic mass is 9.77. The summed E-state index contributed by atoms with van der Waals surface area (Å²) in [6, 6.07) is 9.52. The minimum atomic E-state index is 0. The Kier molecular flexibility index (Phi) is 6.45. The van der Waals surface area contributed by atoms with Crippen molar-refractivity contribution >= 4 is 12.4 Å². The van der Waals surface area contributed by atoms with Crippen molar-refractivity contribution in [3.63, 3.8) is 0 Å². The van der Waals surface area contributed by atoms with E-state index >= 15 is 0 Å². The molecule has 1 nitrogen and oxygen atoms in total. The number of benzene rings is 1. The van der Waals surface area contributed by atoms with Crippen LogP contribution in [-0.4, -0.2) is 12.6 Å². The number of fused-ring (bicyclic) bond motifs is 1. The third-order valence-corrected chi connectivity index (χ3v) is 3.74. The zero-order chi connectivity index (χ0) is 12.1. The van der Waals surface area contributed by atoms with Crippen molar-refractivity contribution in [1.82, 2.24) is 5.32 Å². The number of allylic oxidation sites excluding steroid dienone is 1. The van der Waals surface area contributed by atoms with Crippen LogP contribution in [0.2, 0.25) is 0 Å². The maximum absolute atomic E-state index is 3.91. The largest absolute Gasteiger partial charge is 0.313 e. The minimum absolute atomic E-state index is 0. The molecule has 0 bridgehead atoms. The third-order valence-electron chi connectivity index (χ3n) is 3.74. The first-order valence-electron chi connectivity index (χ1n) is 6.79. The van der Waals surface area contributed by atoms with Gasteiger partial charge in [0.2, 0.25) is 0 Å². The normalized spacial score (nSPS) is 21.8. The Morgan fingerprint density at radius 1 is 1.39 bits per heavy atom. The summed E-state index contributed by atoms with van der Waals surface area (Å²) in [6.07, 6.45) is 6.82. The highest BCUT2D eigenvalue weighted by molar-refractivity contribution is 5.85. The molecule has 1 aromatic rings. The second kappa shape index (κ2) is 7.60. The number of hydrogen-bond acceptors (Lipinski definition) is 1. The van der Waals surface area contributed by atoms with Crippen LogP contribution in [0.4, 0.5) is 0 Å². The summed E-state index contributed by atoms with van der Waals surface area (Å²) in [6.45, 7) is 7.27. The molecule has 2 heteroatoms. The van der Waals surface area contributed by atoms with Gasteiger partial charge in [0.1, 0.15) is 0 Å². The highest BCUT2D eigenvalue weighted by Gasteiger charge is 2.27. The predicted octanol–water partition coefficient (Wildman–Crippen LogP) is 4.08. The summed E-state index contributed by atoms with van der Waals surface area (Å²) in [5, 5.41) is 3.70. The number of rotatable bonds is 5. The molecule has 18 heavy (non-hydrogen) atoms. The molecule has 0 heterocycles. The van der Waals surface area contributed by atoms with Crippen LogP contribution in [0.3, 0.4) is 0 Å². The van der Waals surface area contributed by atoms with Gasteiger partial charge in [-0.25, -0.2) is 0 Å². The van der Waals surface area contributed by atoms with Crippen LogP contribution >= 0.6 is 12.4 Å². The van der Waals surface area contributed by atoms with Gasteiger partial charge < -0.3 is 5.32 Å². The molecule has 0 amide bonds. The maximum atomic E-state index is 3.91. The van der Waals surface area contributed by atoms with E-state index in [-0.39, 0.29) is 12.4 Å². The summed E-state index contributed by atoms with van der Waals surface area (Å²) < 4.78 is 0. The van der Waals surface area contributed by atoms with Crippen LogP contribution in [0.25, 0.3) is 0 Å². The molecule has 2 rings (SSSR count). The van der Waals surface area contributed by atoms with Gasteiger partial charge in [-0.05, 0) is 43.4 Å². The van der Waals surface area contributed by atoms with E-state index in [1.165, 1.54) is 30.4 Å². The van der Waals surface area contributed by atoms with Crippen LogP contribution in [0.1, 0.15) is 43.2 Å². The average Bonchev–Trinajstić information content (AvgIpc) is 2.38. The maximum Gasteiger partial charge on any atom is 0.0142 e. The van der Waals surface area contributed by atoms with Crippen LogP contribution in [0.15, 0.2) is 36.9 Å². The van der Waals surface area contributed by atoms with Crippen LogP contribution in [0, 0.1) is 0 Å². The van der Waals surface area contributed by atoms with Gasteiger partial charge in [-0.15, -0.1) is 19.0 Å². The van der Waals surface area contributed by atoms with Crippen LogP contribution in [-0.2, 0) is 6.42 Å². The highest BCUT2D eigenvalue weighted by Crippen LogP contribution is 2.34. The van der Waals surface area contributed by atoms with E-state index in [0.717, 1.165) is 13.0 Å². The minimum Gasteiger partial charge on any atom is -0.313 e. The third kappa shape index (κ3) is 3.37. The summed E-state index contributed by atoms with van der Waals surface area (Å²) >= 11 is 0. The Bertz CT molecular complexity index is 375. The van der Waals surface area contributed by atoms with E-state index in [1.54, 1.807) is 0 Å². The lowest BCUT2D eigenvalue weighted by Crippen LogP contribution is -2.38. The van der Waals surface area contributed by atoms with Crippen molar-refractivity contribution < 1.29 is 0 Å². The van der Waals surface area contributed by atoms with Crippen LogP contribution < -0.4 is 5.32 Å². The second-order valence-electron chi connectivity index (χ2n) is 4.93. The number of halogens is 1. The van der Waals surface area contributed by atoms with E-state index in [1.807, 2.05) is 0 Å². The Labute approximate surface area is 117 Å². The molecule has 0 spiro atoms. The van der Waals surface area contributed by atoms with E-state index in [0.29, 0.717) is 12.0 Å². The Morgan fingerprint density at radius 3 is 2.89 bits per heavy atom. The smallest absolute Gasteiger partial charge is 0.0142 e. The molecule has 100 valence electrons. The lowest BCUT2D eigenvalue weighted by Gasteiger charge is -2.34. The fourth-order valence-electron chi connectivity index (χ4n) is 2.90. The Morgan fingerprint density at radius 2 is 2.17 bits per heavy atom. The summed E-state index contributed by atoms with van der Waals surface area (Å²) in [5.41, 5.74) is 3.07. The van der Waals surface area contributed by atoms with Gasteiger partial charge in [0, 0.05) is 12.0 Å². The first-order valence-corrected chi connectivity index (χ1v) is 6.79. The van der Waals surface area contributed by atoms with Crippen LogP contribution in [0.5, 0.6) is 0 Å². The van der Waals surface area contributed by atoms with Gasteiger partial charge in [-0.2, -0.15) is 0 Å². The molecule has 1 aliphatic rings. The standard InChI is InChI=1S/C16H23N.ClH/c1-3-7-15-14-9-6-5-8-13(14)10-11-16(15)17-12-4-2;/h3,5-6,8-9,15-17H,1,4,7,10-12H2,2H3;1H/t15-,16+;/m1./s1. The summed E-state index contributed by atoms with van der Waals surface area (Å²) in [4.78, 5) is 0. The van der Waals surface area contributed by atoms with E-state index < -0.39 is 0 Å². The van der Waals surface area contributed by atoms with Gasteiger partial charge in [-0.1, -0.05) is 37.3 Å². The molecule has 0 aliphatic heterocycles. The number of aryl methyl sites for hydroxylation is 1. The molecule has 2 atom stereocenters. The summed E-state index contributed by atoms with van der Waals surface area (Å²) in [7, 11) is 0. The monoisotopic (exact) mass is 265 g/mol. The Hall–Kier alpha value is -0.790. The summed E-state index contributed by atoms with van der Waals surface area (Å²) in [5.74, 6) is 0.615.